The van der Waals surface area contributed by atoms with Crippen molar-refractivity contribution in [2.24, 2.45) is 5.73 Å². The monoisotopic (exact) mass is 289 g/mol. The Kier molecular flexibility index (Phi) is 4.13. The third kappa shape index (κ3) is 3.04. The van der Waals surface area contributed by atoms with Gasteiger partial charge in [0.05, 0.1) is 12.9 Å². The van der Waals surface area contributed by atoms with Crippen molar-refractivity contribution in [2.75, 3.05) is 6.79 Å². The highest BCUT2D eigenvalue weighted by molar-refractivity contribution is 5.44. The molecule has 1 aromatic heterocycles. The van der Waals surface area contributed by atoms with Crippen molar-refractivity contribution in [1.82, 2.24) is 0 Å². The summed E-state index contributed by atoms with van der Waals surface area (Å²) in [6, 6.07) is 9.41. The lowest BCUT2D eigenvalue weighted by atomic mass is 10.1. The van der Waals surface area contributed by atoms with Crippen LogP contribution in [0.5, 0.6) is 11.5 Å². The van der Waals surface area contributed by atoms with Crippen molar-refractivity contribution in [2.45, 2.75) is 32.1 Å². The predicted molar refractivity (Wildman–Crippen MR) is 77.1 cm³/mol. The topological polar surface area (TPSA) is 66.9 Å². The molecule has 112 valence electrons. The molecule has 0 amide bonds. The van der Waals surface area contributed by atoms with Crippen LogP contribution in [0, 0.1) is 0 Å². The Morgan fingerprint density at radius 2 is 2.10 bits per heavy atom. The zero-order valence-electron chi connectivity index (χ0n) is 12.0. The van der Waals surface area contributed by atoms with E-state index >= 15 is 0 Å². The first-order valence-electron chi connectivity index (χ1n) is 7.07. The number of hydrogen-bond acceptors (Lipinski definition) is 5. The van der Waals surface area contributed by atoms with Gasteiger partial charge in [0.25, 0.3) is 0 Å². The largest absolute Gasteiger partial charge is 0.467 e. The minimum atomic E-state index is -0.254. The second-order valence-electron chi connectivity index (χ2n) is 5.01. The van der Waals surface area contributed by atoms with Gasteiger partial charge in [-0.25, -0.2) is 0 Å². The fourth-order valence-corrected chi connectivity index (χ4v) is 2.30. The van der Waals surface area contributed by atoms with Gasteiger partial charge in [0.2, 0.25) is 6.79 Å². The van der Waals surface area contributed by atoms with Crippen LogP contribution >= 0.6 is 0 Å². The van der Waals surface area contributed by atoms with Crippen LogP contribution in [-0.2, 0) is 11.3 Å². The van der Waals surface area contributed by atoms with E-state index in [0.29, 0.717) is 6.61 Å². The first-order chi connectivity index (χ1) is 10.3. The number of rotatable bonds is 6. The highest BCUT2D eigenvalue weighted by atomic mass is 16.7. The number of ether oxygens (including phenoxy) is 3. The molecule has 1 aliphatic heterocycles. The third-order valence-corrected chi connectivity index (χ3v) is 3.55. The Hall–Kier alpha value is -1.98. The number of benzene rings is 1. The average Bonchev–Trinajstić information content (AvgIpc) is 3.17. The summed E-state index contributed by atoms with van der Waals surface area (Å²) in [5, 5.41) is 0. The van der Waals surface area contributed by atoms with E-state index in [0.717, 1.165) is 29.2 Å². The van der Waals surface area contributed by atoms with Crippen LogP contribution in [0.4, 0.5) is 0 Å². The minimum absolute atomic E-state index is 0.106. The van der Waals surface area contributed by atoms with E-state index in [9.17, 15) is 0 Å². The molecule has 3 rings (SSSR count). The van der Waals surface area contributed by atoms with Gasteiger partial charge >= 0.3 is 0 Å². The van der Waals surface area contributed by atoms with Crippen molar-refractivity contribution in [1.29, 1.82) is 0 Å². The van der Waals surface area contributed by atoms with Crippen molar-refractivity contribution < 1.29 is 18.6 Å². The van der Waals surface area contributed by atoms with Crippen LogP contribution in [0.25, 0.3) is 0 Å². The number of nitrogens with two attached hydrogens (primary N) is 1. The summed E-state index contributed by atoms with van der Waals surface area (Å²) in [6.45, 7) is 2.75. The molecule has 1 aromatic carbocycles. The van der Waals surface area contributed by atoms with Crippen molar-refractivity contribution in [3.8, 4) is 11.5 Å². The minimum Gasteiger partial charge on any atom is -0.467 e. The van der Waals surface area contributed by atoms with E-state index < -0.39 is 0 Å². The molecule has 2 heterocycles. The predicted octanol–water partition coefficient (Wildman–Crippen LogP) is 3.00. The molecular weight excluding hydrogens is 270 g/mol. The molecule has 2 unspecified atom stereocenters. The molecule has 0 spiro atoms. The molecule has 2 aromatic rings. The van der Waals surface area contributed by atoms with Gasteiger partial charge in [0.1, 0.15) is 11.9 Å². The Morgan fingerprint density at radius 3 is 2.86 bits per heavy atom. The zero-order chi connectivity index (χ0) is 14.7. The van der Waals surface area contributed by atoms with E-state index in [1.165, 1.54) is 0 Å². The van der Waals surface area contributed by atoms with Gasteiger partial charge in [-0.3, -0.25) is 0 Å². The van der Waals surface area contributed by atoms with E-state index in [1.807, 2.05) is 37.3 Å². The van der Waals surface area contributed by atoms with Crippen LogP contribution in [-0.4, -0.2) is 12.8 Å². The smallest absolute Gasteiger partial charge is 0.231 e. The van der Waals surface area contributed by atoms with Gasteiger partial charge in [-0.1, -0.05) is 13.0 Å². The molecule has 5 nitrogen and oxygen atoms in total. The summed E-state index contributed by atoms with van der Waals surface area (Å²) in [7, 11) is 0. The molecule has 2 N–H and O–H groups in total. The lowest BCUT2D eigenvalue weighted by Crippen LogP contribution is -2.29. The summed E-state index contributed by atoms with van der Waals surface area (Å²) >= 11 is 0. The summed E-state index contributed by atoms with van der Waals surface area (Å²) in [6.07, 6.45) is 2.19. The fourth-order valence-electron chi connectivity index (χ4n) is 2.30. The molecule has 0 saturated heterocycles. The Morgan fingerprint density at radius 1 is 1.24 bits per heavy atom. The molecule has 0 aliphatic carbocycles. The average molecular weight is 289 g/mol. The molecule has 1 aliphatic rings. The van der Waals surface area contributed by atoms with Crippen LogP contribution < -0.4 is 15.2 Å². The fraction of sp³-hybridized carbons (Fsp3) is 0.375. The number of fused-ring (bicyclic) bond motifs is 1. The molecule has 0 radical (unpaired) electrons. The van der Waals surface area contributed by atoms with Gasteiger partial charge in [-0.15, -0.1) is 0 Å². The SMILES string of the molecule is CCC(N)C(OCc1ccc2c(c1)OCO2)c1ccco1. The van der Waals surface area contributed by atoms with Gasteiger partial charge in [-0.2, -0.15) is 0 Å². The van der Waals surface area contributed by atoms with E-state index in [1.54, 1.807) is 6.26 Å². The molecule has 0 saturated carbocycles. The zero-order valence-corrected chi connectivity index (χ0v) is 12.0. The van der Waals surface area contributed by atoms with E-state index in [4.69, 9.17) is 24.4 Å². The molecule has 0 bridgehead atoms. The maximum atomic E-state index is 6.13. The maximum Gasteiger partial charge on any atom is 0.231 e. The number of hydrogen-bond donors (Lipinski definition) is 1. The van der Waals surface area contributed by atoms with Crippen LogP contribution in [0.3, 0.4) is 0 Å². The lowest BCUT2D eigenvalue weighted by molar-refractivity contribution is 0.00742. The quantitative estimate of drug-likeness (QED) is 0.885. The molecule has 5 heteroatoms. The maximum absolute atomic E-state index is 6.13. The van der Waals surface area contributed by atoms with Crippen molar-refractivity contribution in [3.05, 3.63) is 47.9 Å². The first-order valence-corrected chi connectivity index (χ1v) is 7.07. The summed E-state index contributed by atoms with van der Waals surface area (Å²) in [4.78, 5) is 0. The van der Waals surface area contributed by atoms with Crippen molar-refractivity contribution in [3.63, 3.8) is 0 Å². The standard InChI is InChI=1S/C16H19NO4/c1-2-12(17)16(14-4-3-7-18-14)19-9-11-5-6-13-15(8-11)21-10-20-13/h3-8,12,16H,2,9-10,17H2,1H3. The second kappa shape index (κ2) is 6.20. The van der Waals surface area contributed by atoms with Crippen LogP contribution in [0.1, 0.15) is 30.8 Å². The summed E-state index contributed by atoms with van der Waals surface area (Å²) < 4.78 is 22.1. The Labute approximate surface area is 123 Å². The van der Waals surface area contributed by atoms with Crippen LogP contribution in [0.15, 0.2) is 41.0 Å². The van der Waals surface area contributed by atoms with Crippen LogP contribution in [0.2, 0.25) is 0 Å². The highest BCUT2D eigenvalue weighted by Crippen LogP contribution is 2.33. The van der Waals surface area contributed by atoms with Gasteiger partial charge in [0.15, 0.2) is 11.5 Å². The second-order valence-corrected chi connectivity index (χ2v) is 5.01. The molecule has 21 heavy (non-hydrogen) atoms. The molecular formula is C16H19NO4. The summed E-state index contributed by atoms with van der Waals surface area (Å²) in [5.41, 5.74) is 7.15. The Balaban J connectivity index is 1.69. The summed E-state index contributed by atoms with van der Waals surface area (Å²) in [5.74, 6) is 2.28. The van der Waals surface area contributed by atoms with E-state index in [2.05, 4.69) is 0 Å². The molecule has 2 atom stereocenters. The van der Waals surface area contributed by atoms with Gasteiger partial charge < -0.3 is 24.4 Å². The first kappa shape index (κ1) is 14.0. The molecule has 0 fully saturated rings. The Bertz CT molecular complexity index is 582. The number of furan rings is 1. The van der Waals surface area contributed by atoms with Gasteiger partial charge in [0, 0.05) is 6.04 Å². The van der Waals surface area contributed by atoms with Gasteiger partial charge in [-0.05, 0) is 36.2 Å². The normalized spacial score (nSPS) is 15.9. The highest BCUT2D eigenvalue weighted by Gasteiger charge is 2.22. The van der Waals surface area contributed by atoms with Crippen molar-refractivity contribution >= 4 is 0 Å². The van der Waals surface area contributed by atoms with E-state index in [-0.39, 0.29) is 18.9 Å². The third-order valence-electron chi connectivity index (χ3n) is 3.55. The lowest BCUT2D eigenvalue weighted by Gasteiger charge is -2.21.